The number of amides is 1. The number of carbonyl (C=O) groups excluding carboxylic acids is 1. The number of halogens is 1. The predicted octanol–water partition coefficient (Wildman–Crippen LogP) is 1.50. The van der Waals surface area contributed by atoms with Crippen LogP contribution in [0.5, 0.6) is 0 Å². The minimum atomic E-state index is 0.222. The molecule has 4 heteroatoms. The molecule has 1 saturated heterocycles. The highest BCUT2D eigenvalue weighted by atomic mass is 35.5. The van der Waals surface area contributed by atoms with Crippen molar-refractivity contribution in [3.05, 3.63) is 0 Å². The number of ether oxygens (including phenoxy) is 1. The van der Waals surface area contributed by atoms with Crippen molar-refractivity contribution in [2.24, 2.45) is 5.92 Å². The summed E-state index contributed by atoms with van der Waals surface area (Å²) in [4.78, 5) is 13.5. The van der Waals surface area contributed by atoms with Gasteiger partial charge in [0.15, 0.2) is 0 Å². The lowest BCUT2D eigenvalue weighted by atomic mass is 10.1. The predicted molar refractivity (Wildman–Crippen MR) is 56.5 cm³/mol. The first kappa shape index (κ1) is 11.8. The lowest BCUT2D eigenvalue weighted by molar-refractivity contribution is -0.130. The third-order valence-electron chi connectivity index (χ3n) is 2.73. The highest BCUT2D eigenvalue weighted by Gasteiger charge is 2.32. The van der Waals surface area contributed by atoms with Gasteiger partial charge < -0.3 is 9.64 Å². The summed E-state index contributed by atoms with van der Waals surface area (Å²) in [6.07, 6.45) is 1.54. The molecule has 0 aromatic rings. The van der Waals surface area contributed by atoms with Crippen LogP contribution in [-0.2, 0) is 9.53 Å². The van der Waals surface area contributed by atoms with Crippen molar-refractivity contribution >= 4 is 17.5 Å². The van der Waals surface area contributed by atoms with Crippen molar-refractivity contribution in [2.45, 2.75) is 25.8 Å². The third-order valence-corrected chi connectivity index (χ3v) is 3.16. The molecule has 1 aliphatic rings. The average Bonchev–Trinajstić information content (AvgIpc) is 2.56. The summed E-state index contributed by atoms with van der Waals surface area (Å²) >= 11 is 5.75. The Bertz CT molecular complexity index is 199. The zero-order chi connectivity index (χ0) is 10.6. The second kappa shape index (κ2) is 5.56. The number of hydrogen-bond acceptors (Lipinski definition) is 2. The van der Waals surface area contributed by atoms with Gasteiger partial charge >= 0.3 is 0 Å². The first-order valence-corrected chi connectivity index (χ1v) is 5.60. The molecule has 0 aromatic heterocycles. The van der Waals surface area contributed by atoms with Gasteiger partial charge in [0.1, 0.15) is 0 Å². The molecule has 0 aromatic carbocycles. The van der Waals surface area contributed by atoms with Crippen molar-refractivity contribution in [3.8, 4) is 0 Å². The van der Waals surface area contributed by atoms with E-state index < -0.39 is 0 Å². The Labute approximate surface area is 90.4 Å². The van der Waals surface area contributed by atoms with E-state index >= 15 is 0 Å². The number of alkyl halides is 1. The smallest absolute Gasteiger partial charge is 0.223 e. The molecular formula is C10H18ClNO2. The normalized spacial score (nSPS) is 24.4. The van der Waals surface area contributed by atoms with Crippen LogP contribution in [0, 0.1) is 5.92 Å². The summed E-state index contributed by atoms with van der Waals surface area (Å²) in [7, 11) is 1.67. The Morgan fingerprint density at radius 3 is 2.86 bits per heavy atom. The van der Waals surface area contributed by atoms with Crippen LogP contribution in [0.15, 0.2) is 0 Å². The molecule has 1 amide bonds. The SMILES string of the molecule is CCC(COC)N1CC(CCl)CC1=O. The number of likely N-dealkylation sites (tertiary alicyclic amines) is 1. The van der Waals surface area contributed by atoms with Gasteiger partial charge in [0, 0.05) is 26.0 Å². The van der Waals surface area contributed by atoms with Gasteiger partial charge in [-0.05, 0) is 12.3 Å². The fourth-order valence-electron chi connectivity index (χ4n) is 1.89. The number of methoxy groups -OCH3 is 1. The van der Waals surface area contributed by atoms with Gasteiger partial charge in [0.05, 0.1) is 12.6 Å². The second-order valence-electron chi connectivity index (χ2n) is 3.79. The zero-order valence-corrected chi connectivity index (χ0v) is 9.59. The van der Waals surface area contributed by atoms with E-state index in [1.807, 2.05) is 4.90 Å². The van der Waals surface area contributed by atoms with Crippen LogP contribution in [0.4, 0.5) is 0 Å². The van der Waals surface area contributed by atoms with Crippen molar-refractivity contribution in [2.75, 3.05) is 26.1 Å². The highest BCUT2D eigenvalue weighted by Crippen LogP contribution is 2.22. The molecule has 0 spiro atoms. The van der Waals surface area contributed by atoms with Crippen LogP contribution < -0.4 is 0 Å². The Hall–Kier alpha value is -0.280. The molecular weight excluding hydrogens is 202 g/mol. The first-order valence-electron chi connectivity index (χ1n) is 5.07. The van der Waals surface area contributed by atoms with Gasteiger partial charge in [-0.3, -0.25) is 4.79 Å². The molecule has 14 heavy (non-hydrogen) atoms. The van der Waals surface area contributed by atoms with Crippen LogP contribution in [0.25, 0.3) is 0 Å². The van der Waals surface area contributed by atoms with E-state index in [4.69, 9.17) is 16.3 Å². The van der Waals surface area contributed by atoms with Gasteiger partial charge in [-0.2, -0.15) is 0 Å². The Kier molecular flexibility index (Phi) is 4.69. The molecule has 0 aliphatic carbocycles. The van der Waals surface area contributed by atoms with Crippen molar-refractivity contribution in [3.63, 3.8) is 0 Å². The molecule has 3 nitrogen and oxygen atoms in total. The lowest BCUT2D eigenvalue weighted by Crippen LogP contribution is -2.39. The number of nitrogens with zero attached hydrogens (tertiary/aromatic N) is 1. The fourth-order valence-corrected chi connectivity index (χ4v) is 2.09. The van der Waals surface area contributed by atoms with Crippen LogP contribution in [0.3, 0.4) is 0 Å². The zero-order valence-electron chi connectivity index (χ0n) is 8.83. The van der Waals surface area contributed by atoms with Gasteiger partial charge in [-0.25, -0.2) is 0 Å². The van der Waals surface area contributed by atoms with E-state index in [0.717, 1.165) is 13.0 Å². The van der Waals surface area contributed by atoms with Gasteiger partial charge in [-0.15, -0.1) is 11.6 Å². The summed E-state index contributed by atoms with van der Waals surface area (Å²) in [6.45, 7) is 3.49. The molecule has 0 N–H and O–H groups in total. The standard InChI is InChI=1S/C10H18ClNO2/c1-3-9(7-14-2)12-6-8(5-11)4-10(12)13/h8-9H,3-7H2,1-2H3. The Morgan fingerprint density at radius 1 is 1.71 bits per heavy atom. The molecule has 1 rings (SSSR count). The largest absolute Gasteiger partial charge is 0.383 e. The monoisotopic (exact) mass is 219 g/mol. The molecule has 2 atom stereocenters. The van der Waals surface area contributed by atoms with E-state index in [1.165, 1.54) is 0 Å². The fraction of sp³-hybridized carbons (Fsp3) is 0.900. The lowest BCUT2D eigenvalue weighted by Gasteiger charge is -2.26. The molecule has 1 fully saturated rings. The van der Waals surface area contributed by atoms with E-state index in [1.54, 1.807) is 7.11 Å². The van der Waals surface area contributed by atoms with E-state index in [-0.39, 0.29) is 11.9 Å². The maximum atomic E-state index is 11.6. The summed E-state index contributed by atoms with van der Waals surface area (Å²) in [5.74, 6) is 1.13. The number of carbonyl (C=O) groups is 1. The summed E-state index contributed by atoms with van der Waals surface area (Å²) in [5, 5.41) is 0. The minimum absolute atomic E-state index is 0.222. The van der Waals surface area contributed by atoms with Gasteiger partial charge in [-0.1, -0.05) is 6.92 Å². The number of hydrogen-bond donors (Lipinski definition) is 0. The van der Waals surface area contributed by atoms with E-state index in [9.17, 15) is 4.79 Å². The van der Waals surface area contributed by atoms with Gasteiger partial charge in [0.2, 0.25) is 5.91 Å². The Morgan fingerprint density at radius 2 is 2.43 bits per heavy atom. The minimum Gasteiger partial charge on any atom is -0.383 e. The summed E-state index contributed by atoms with van der Waals surface area (Å²) < 4.78 is 5.10. The topological polar surface area (TPSA) is 29.5 Å². The molecule has 1 heterocycles. The molecule has 2 unspecified atom stereocenters. The first-order chi connectivity index (χ1) is 6.72. The van der Waals surface area contributed by atoms with Crippen LogP contribution in [0.2, 0.25) is 0 Å². The maximum Gasteiger partial charge on any atom is 0.223 e. The van der Waals surface area contributed by atoms with E-state index in [2.05, 4.69) is 6.92 Å². The molecule has 0 bridgehead atoms. The molecule has 0 radical (unpaired) electrons. The van der Waals surface area contributed by atoms with Crippen molar-refractivity contribution in [1.82, 2.24) is 4.90 Å². The third kappa shape index (κ3) is 2.61. The maximum absolute atomic E-state index is 11.6. The van der Waals surface area contributed by atoms with Crippen LogP contribution in [-0.4, -0.2) is 43.0 Å². The van der Waals surface area contributed by atoms with E-state index in [0.29, 0.717) is 24.8 Å². The average molecular weight is 220 g/mol. The highest BCUT2D eigenvalue weighted by molar-refractivity contribution is 6.18. The van der Waals surface area contributed by atoms with Gasteiger partial charge in [0.25, 0.3) is 0 Å². The summed E-state index contributed by atoms with van der Waals surface area (Å²) in [6, 6.07) is 0.223. The quantitative estimate of drug-likeness (QED) is 0.656. The van der Waals surface area contributed by atoms with Crippen LogP contribution >= 0.6 is 11.6 Å². The molecule has 1 aliphatic heterocycles. The van der Waals surface area contributed by atoms with Crippen LogP contribution in [0.1, 0.15) is 19.8 Å². The number of rotatable bonds is 5. The Balaban J connectivity index is 2.53. The second-order valence-corrected chi connectivity index (χ2v) is 4.10. The molecule has 82 valence electrons. The van der Waals surface area contributed by atoms with Crippen molar-refractivity contribution in [1.29, 1.82) is 0 Å². The van der Waals surface area contributed by atoms with Crippen molar-refractivity contribution < 1.29 is 9.53 Å². The molecule has 0 saturated carbocycles. The summed E-state index contributed by atoms with van der Waals surface area (Å²) in [5.41, 5.74) is 0.